The van der Waals surface area contributed by atoms with Crippen molar-refractivity contribution >= 4 is 17.6 Å². The fourth-order valence-electron chi connectivity index (χ4n) is 4.19. The highest BCUT2D eigenvalue weighted by molar-refractivity contribution is 6.11. The molecule has 6 heteroatoms. The van der Waals surface area contributed by atoms with Crippen LogP contribution in [0.1, 0.15) is 59.4 Å². The highest BCUT2D eigenvalue weighted by Gasteiger charge is 2.41. The summed E-state index contributed by atoms with van der Waals surface area (Å²) < 4.78 is 6.34. The molecule has 3 rings (SSSR count). The van der Waals surface area contributed by atoms with Crippen molar-refractivity contribution in [2.45, 2.75) is 66.2 Å². The Morgan fingerprint density at radius 1 is 1.17 bits per heavy atom. The molecule has 2 amide bonds. The van der Waals surface area contributed by atoms with Crippen LogP contribution in [0.2, 0.25) is 0 Å². The van der Waals surface area contributed by atoms with Gasteiger partial charge in [-0.15, -0.1) is 5.10 Å². The number of carbonyl (C=O) groups is 2. The molecule has 0 saturated heterocycles. The van der Waals surface area contributed by atoms with Crippen LogP contribution < -0.4 is 5.32 Å². The minimum Gasteiger partial charge on any atom is -0.344 e. The first kappa shape index (κ1) is 21.5. The number of benzene rings is 1. The molecule has 4 atom stereocenters. The molecule has 0 unspecified atom stereocenters. The molecule has 2 aliphatic rings. The minimum absolute atomic E-state index is 0.0644. The maximum atomic E-state index is 13.0. The molecule has 0 radical (unpaired) electrons. The summed E-state index contributed by atoms with van der Waals surface area (Å²) in [6, 6.07) is 9.36. The van der Waals surface area contributed by atoms with E-state index in [-0.39, 0.29) is 23.8 Å². The van der Waals surface area contributed by atoms with Gasteiger partial charge in [0, 0.05) is 11.5 Å². The van der Waals surface area contributed by atoms with E-state index in [9.17, 15) is 9.59 Å². The van der Waals surface area contributed by atoms with Gasteiger partial charge in [0.15, 0.2) is 5.84 Å². The third kappa shape index (κ3) is 4.86. The summed E-state index contributed by atoms with van der Waals surface area (Å²) in [6.45, 7) is 10.2. The molecule has 0 spiro atoms. The van der Waals surface area contributed by atoms with Crippen molar-refractivity contribution < 1.29 is 14.3 Å². The molecule has 1 heterocycles. The number of hydrogen-bond acceptors (Lipinski definition) is 4. The molecule has 1 aromatic rings. The van der Waals surface area contributed by atoms with Gasteiger partial charge in [-0.25, -0.2) is 0 Å². The minimum atomic E-state index is -1.03. The molecule has 1 N–H and O–H groups in total. The summed E-state index contributed by atoms with van der Waals surface area (Å²) in [7, 11) is 0. The Hall–Kier alpha value is -2.21. The maximum Gasteiger partial charge on any atom is 0.277 e. The van der Waals surface area contributed by atoms with Crippen molar-refractivity contribution in [2.24, 2.45) is 28.8 Å². The Bertz CT molecular complexity index is 760. The van der Waals surface area contributed by atoms with E-state index in [2.05, 4.69) is 31.2 Å². The van der Waals surface area contributed by atoms with E-state index in [1.165, 1.54) is 11.4 Å². The molecule has 29 heavy (non-hydrogen) atoms. The molecule has 1 saturated carbocycles. The lowest BCUT2D eigenvalue weighted by Crippen LogP contribution is -2.58. The van der Waals surface area contributed by atoms with E-state index in [1.54, 1.807) is 0 Å². The Labute approximate surface area is 173 Å². The summed E-state index contributed by atoms with van der Waals surface area (Å²) in [6.07, 6.45) is 2.05. The van der Waals surface area contributed by atoms with E-state index in [4.69, 9.17) is 4.74 Å². The third-order valence-corrected chi connectivity index (χ3v) is 5.93. The van der Waals surface area contributed by atoms with Crippen LogP contribution in [0.4, 0.5) is 0 Å². The quantitative estimate of drug-likeness (QED) is 0.819. The van der Waals surface area contributed by atoms with Gasteiger partial charge in [0.2, 0.25) is 12.1 Å². The fourth-order valence-corrected chi connectivity index (χ4v) is 4.19. The smallest absolute Gasteiger partial charge is 0.277 e. The van der Waals surface area contributed by atoms with Gasteiger partial charge in [0.1, 0.15) is 0 Å². The second-order valence-electron chi connectivity index (χ2n) is 8.99. The lowest BCUT2D eigenvalue weighted by molar-refractivity contribution is -0.178. The van der Waals surface area contributed by atoms with E-state index >= 15 is 0 Å². The molecule has 0 aromatic heterocycles. The lowest BCUT2D eigenvalue weighted by atomic mass is 9.75. The normalized spacial score (nSPS) is 27.8. The number of hydrazone groups is 1. The zero-order valence-corrected chi connectivity index (χ0v) is 18.1. The number of nitrogens with zero attached hydrogens (tertiary/aromatic N) is 2. The number of nitrogens with one attached hydrogen (secondary N) is 1. The standard InChI is InChI=1S/C23H33N3O3/c1-14(2)18-12-11-16(5)13-19(18)29-23-21(27)24-20(17-9-7-6-8-10-17)25-26(23)22(28)15(3)4/h6-10,14-16,18-19,23H,11-13H2,1-5H3,(H,24,25,27)/t16-,18+,19-,23-/m1/s1. The summed E-state index contributed by atoms with van der Waals surface area (Å²) in [5, 5.41) is 8.60. The van der Waals surface area contributed by atoms with Crippen molar-refractivity contribution in [2.75, 3.05) is 0 Å². The molecule has 6 nitrogen and oxygen atoms in total. The first-order chi connectivity index (χ1) is 13.8. The summed E-state index contributed by atoms with van der Waals surface area (Å²) in [5.41, 5.74) is 0.757. The van der Waals surface area contributed by atoms with Crippen LogP contribution in [0.5, 0.6) is 0 Å². The van der Waals surface area contributed by atoms with Gasteiger partial charge in [0.05, 0.1) is 6.10 Å². The van der Waals surface area contributed by atoms with Crippen molar-refractivity contribution in [3.8, 4) is 0 Å². The van der Waals surface area contributed by atoms with Crippen LogP contribution in [0, 0.1) is 23.7 Å². The van der Waals surface area contributed by atoms with Gasteiger partial charge < -0.3 is 10.1 Å². The average molecular weight is 400 g/mol. The summed E-state index contributed by atoms with van der Waals surface area (Å²) in [5.74, 6) is 0.892. The van der Waals surface area contributed by atoms with E-state index in [0.29, 0.717) is 23.6 Å². The van der Waals surface area contributed by atoms with Gasteiger partial charge in [-0.3, -0.25) is 9.59 Å². The molecule has 1 aliphatic carbocycles. The topological polar surface area (TPSA) is 71.0 Å². The molecular weight excluding hydrogens is 366 g/mol. The number of rotatable bonds is 5. The second-order valence-corrected chi connectivity index (χ2v) is 8.99. The summed E-state index contributed by atoms with van der Waals surface area (Å²) >= 11 is 0. The van der Waals surface area contributed by atoms with Crippen LogP contribution in [-0.4, -0.2) is 35.0 Å². The highest BCUT2D eigenvalue weighted by Crippen LogP contribution is 2.36. The number of amides is 2. The first-order valence-electron chi connectivity index (χ1n) is 10.7. The summed E-state index contributed by atoms with van der Waals surface area (Å²) in [4.78, 5) is 25.9. The maximum absolute atomic E-state index is 13.0. The number of carbonyl (C=O) groups excluding carboxylic acids is 2. The fraction of sp³-hybridized carbons (Fsp3) is 0.609. The SMILES string of the molecule is CC(C)C(=O)N1N=C(c2ccccc2)NC(=O)[C@H]1O[C@@H]1C[C@H](C)CC[C@H]1C(C)C. The second kappa shape index (κ2) is 9.08. The average Bonchev–Trinajstić information content (AvgIpc) is 2.69. The van der Waals surface area contributed by atoms with Crippen molar-refractivity contribution in [1.29, 1.82) is 0 Å². The van der Waals surface area contributed by atoms with Gasteiger partial charge in [-0.05, 0) is 30.6 Å². The predicted molar refractivity (Wildman–Crippen MR) is 113 cm³/mol. The Balaban J connectivity index is 1.90. The van der Waals surface area contributed by atoms with E-state index in [0.717, 1.165) is 18.4 Å². The van der Waals surface area contributed by atoms with Gasteiger partial charge in [0.25, 0.3) is 5.91 Å². The molecule has 158 valence electrons. The van der Waals surface area contributed by atoms with Crippen LogP contribution in [0.3, 0.4) is 0 Å². The van der Waals surface area contributed by atoms with Gasteiger partial charge in [-0.1, -0.05) is 71.4 Å². The van der Waals surface area contributed by atoms with Gasteiger partial charge in [-0.2, -0.15) is 5.01 Å². The largest absolute Gasteiger partial charge is 0.344 e. The lowest BCUT2D eigenvalue weighted by Gasteiger charge is -2.41. The monoisotopic (exact) mass is 399 g/mol. The molecule has 1 fully saturated rings. The Morgan fingerprint density at radius 2 is 1.86 bits per heavy atom. The van der Waals surface area contributed by atoms with Crippen molar-refractivity contribution in [3.63, 3.8) is 0 Å². The zero-order valence-electron chi connectivity index (χ0n) is 18.1. The Morgan fingerprint density at radius 3 is 2.48 bits per heavy atom. The molecule has 0 bridgehead atoms. The van der Waals surface area contributed by atoms with E-state index in [1.807, 2.05) is 44.2 Å². The van der Waals surface area contributed by atoms with Gasteiger partial charge >= 0.3 is 0 Å². The molecule has 1 aliphatic heterocycles. The third-order valence-electron chi connectivity index (χ3n) is 5.93. The Kier molecular flexibility index (Phi) is 6.73. The first-order valence-corrected chi connectivity index (χ1v) is 10.7. The number of ether oxygens (including phenoxy) is 1. The number of amidine groups is 1. The zero-order chi connectivity index (χ0) is 21.1. The van der Waals surface area contributed by atoms with Crippen LogP contribution in [0.15, 0.2) is 35.4 Å². The van der Waals surface area contributed by atoms with Crippen LogP contribution in [0.25, 0.3) is 0 Å². The highest BCUT2D eigenvalue weighted by atomic mass is 16.5. The molecule has 1 aromatic carbocycles. The predicted octanol–water partition coefficient (Wildman–Crippen LogP) is 3.77. The van der Waals surface area contributed by atoms with Crippen molar-refractivity contribution in [1.82, 2.24) is 10.3 Å². The van der Waals surface area contributed by atoms with Crippen molar-refractivity contribution in [3.05, 3.63) is 35.9 Å². The van der Waals surface area contributed by atoms with Crippen LogP contribution in [-0.2, 0) is 14.3 Å². The van der Waals surface area contributed by atoms with E-state index < -0.39 is 6.23 Å². The number of hydrogen-bond donors (Lipinski definition) is 1. The molecular formula is C23H33N3O3. The van der Waals surface area contributed by atoms with Crippen LogP contribution >= 0.6 is 0 Å².